The number of ether oxygens (including phenoxy) is 1. The maximum Gasteiger partial charge on any atom is 0.183 e. The van der Waals surface area contributed by atoms with Gasteiger partial charge in [0.15, 0.2) is 11.5 Å². The number of methoxy groups -OCH3 is 1. The highest BCUT2D eigenvalue weighted by Crippen LogP contribution is 2.31. The first-order chi connectivity index (χ1) is 11.2. The van der Waals surface area contributed by atoms with Gasteiger partial charge in [-0.1, -0.05) is 30.3 Å². The van der Waals surface area contributed by atoms with Crippen LogP contribution in [0.1, 0.15) is 5.69 Å². The van der Waals surface area contributed by atoms with Gasteiger partial charge in [0.2, 0.25) is 0 Å². The number of pyridine rings is 1. The topological polar surface area (TPSA) is 97.7 Å². The Morgan fingerprint density at radius 1 is 1.04 bits per heavy atom. The lowest BCUT2D eigenvalue weighted by Crippen LogP contribution is -2.03. The third-order valence-corrected chi connectivity index (χ3v) is 3.30. The third-order valence-electron chi connectivity index (χ3n) is 3.30. The Balaban J connectivity index is 2.27. The van der Waals surface area contributed by atoms with Crippen molar-refractivity contribution in [2.24, 2.45) is 0 Å². The summed E-state index contributed by atoms with van der Waals surface area (Å²) in [5.41, 5.74) is 8.61. The molecule has 0 amide bonds. The molecule has 0 aliphatic carbocycles. The molecule has 0 spiro atoms. The van der Waals surface area contributed by atoms with Gasteiger partial charge in [-0.05, 0) is 6.07 Å². The van der Waals surface area contributed by atoms with E-state index in [2.05, 4.69) is 15.0 Å². The molecular weight excluding hydrogens is 290 g/mol. The maximum atomic E-state index is 9.18. The second-order valence-electron chi connectivity index (χ2n) is 4.75. The molecule has 0 fully saturated rings. The van der Waals surface area contributed by atoms with E-state index in [1.54, 1.807) is 25.6 Å². The summed E-state index contributed by atoms with van der Waals surface area (Å²) in [5, 5.41) is 9.18. The quantitative estimate of drug-likeness (QED) is 0.798. The van der Waals surface area contributed by atoms with E-state index >= 15 is 0 Å². The first-order valence-corrected chi connectivity index (χ1v) is 6.85. The zero-order valence-corrected chi connectivity index (χ0v) is 12.4. The van der Waals surface area contributed by atoms with Crippen LogP contribution in [0.25, 0.3) is 22.5 Å². The predicted molar refractivity (Wildman–Crippen MR) is 86.4 cm³/mol. The SMILES string of the molecule is COc1cncc(-c2nc(C#N)c(N)nc2-c2ccccc2)c1. The zero-order chi connectivity index (χ0) is 16.2. The smallest absolute Gasteiger partial charge is 0.183 e. The highest BCUT2D eigenvalue weighted by molar-refractivity contribution is 5.79. The average molecular weight is 303 g/mol. The number of nitriles is 1. The Bertz CT molecular complexity index is 887. The number of anilines is 1. The average Bonchev–Trinajstić information content (AvgIpc) is 2.62. The Kier molecular flexibility index (Phi) is 3.85. The zero-order valence-electron chi connectivity index (χ0n) is 12.4. The van der Waals surface area contributed by atoms with Crippen molar-refractivity contribution in [1.29, 1.82) is 5.26 Å². The molecule has 23 heavy (non-hydrogen) atoms. The molecule has 0 radical (unpaired) electrons. The molecule has 6 heteroatoms. The van der Waals surface area contributed by atoms with Gasteiger partial charge in [-0.2, -0.15) is 5.26 Å². The van der Waals surface area contributed by atoms with E-state index in [-0.39, 0.29) is 11.5 Å². The fraction of sp³-hybridized carbons (Fsp3) is 0.0588. The van der Waals surface area contributed by atoms with Crippen LogP contribution >= 0.6 is 0 Å². The maximum absolute atomic E-state index is 9.18. The van der Waals surface area contributed by atoms with Gasteiger partial charge in [0.05, 0.1) is 24.7 Å². The summed E-state index contributed by atoms with van der Waals surface area (Å²) in [7, 11) is 1.56. The van der Waals surface area contributed by atoms with E-state index in [4.69, 9.17) is 10.5 Å². The summed E-state index contributed by atoms with van der Waals surface area (Å²) in [6.07, 6.45) is 3.25. The van der Waals surface area contributed by atoms with Crippen molar-refractivity contribution >= 4 is 5.82 Å². The van der Waals surface area contributed by atoms with Crippen molar-refractivity contribution in [3.63, 3.8) is 0 Å². The minimum Gasteiger partial charge on any atom is -0.495 e. The lowest BCUT2D eigenvalue weighted by molar-refractivity contribution is 0.413. The van der Waals surface area contributed by atoms with Gasteiger partial charge in [0, 0.05) is 17.3 Å². The molecule has 112 valence electrons. The Labute approximate surface area is 133 Å². The van der Waals surface area contributed by atoms with E-state index in [1.807, 2.05) is 36.4 Å². The van der Waals surface area contributed by atoms with Crippen molar-refractivity contribution in [3.8, 4) is 34.3 Å². The molecule has 0 saturated heterocycles. The molecule has 0 unspecified atom stereocenters. The van der Waals surface area contributed by atoms with Crippen LogP contribution in [-0.4, -0.2) is 22.1 Å². The van der Waals surface area contributed by atoms with Gasteiger partial charge >= 0.3 is 0 Å². The van der Waals surface area contributed by atoms with Crippen LogP contribution in [0.2, 0.25) is 0 Å². The van der Waals surface area contributed by atoms with Crippen LogP contribution in [0.3, 0.4) is 0 Å². The number of aromatic nitrogens is 3. The second kappa shape index (κ2) is 6.12. The summed E-state index contributed by atoms with van der Waals surface area (Å²) in [6.45, 7) is 0. The van der Waals surface area contributed by atoms with Crippen LogP contribution in [0.5, 0.6) is 5.75 Å². The minimum absolute atomic E-state index is 0.0856. The second-order valence-corrected chi connectivity index (χ2v) is 4.75. The molecule has 2 N–H and O–H groups in total. The molecule has 6 nitrogen and oxygen atoms in total. The number of nitrogens with two attached hydrogens (primary N) is 1. The van der Waals surface area contributed by atoms with Gasteiger partial charge < -0.3 is 10.5 Å². The monoisotopic (exact) mass is 303 g/mol. The summed E-state index contributed by atoms with van der Waals surface area (Å²) in [4.78, 5) is 12.9. The first kappa shape index (κ1) is 14.5. The van der Waals surface area contributed by atoms with Crippen LogP contribution < -0.4 is 10.5 Å². The number of nitrogens with zero attached hydrogens (tertiary/aromatic N) is 4. The van der Waals surface area contributed by atoms with Crippen molar-refractivity contribution in [3.05, 3.63) is 54.5 Å². The van der Waals surface area contributed by atoms with Gasteiger partial charge in [-0.3, -0.25) is 4.98 Å². The Morgan fingerprint density at radius 2 is 1.78 bits per heavy atom. The van der Waals surface area contributed by atoms with Crippen molar-refractivity contribution in [1.82, 2.24) is 15.0 Å². The van der Waals surface area contributed by atoms with Gasteiger partial charge in [0.1, 0.15) is 11.8 Å². The molecular formula is C17H13N5O. The summed E-state index contributed by atoms with van der Waals surface area (Å²) < 4.78 is 5.20. The van der Waals surface area contributed by atoms with Crippen LogP contribution in [-0.2, 0) is 0 Å². The largest absolute Gasteiger partial charge is 0.495 e. The number of hydrogen-bond acceptors (Lipinski definition) is 6. The lowest BCUT2D eigenvalue weighted by Gasteiger charge is -2.11. The molecule has 0 aliphatic rings. The molecule has 0 atom stereocenters. The number of hydrogen-bond donors (Lipinski definition) is 1. The van der Waals surface area contributed by atoms with Gasteiger partial charge in [0.25, 0.3) is 0 Å². The fourth-order valence-electron chi connectivity index (χ4n) is 2.19. The Hall–Kier alpha value is -3.46. The van der Waals surface area contributed by atoms with E-state index in [9.17, 15) is 5.26 Å². The molecule has 3 rings (SSSR count). The number of rotatable bonds is 3. The molecule has 2 aromatic heterocycles. The Morgan fingerprint density at radius 3 is 2.48 bits per heavy atom. The van der Waals surface area contributed by atoms with Gasteiger partial charge in [-0.15, -0.1) is 0 Å². The van der Waals surface area contributed by atoms with Crippen molar-refractivity contribution < 1.29 is 4.74 Å². The van der Waals surface area contributed by atoms with E-state index in [0.717, 1.165) is 5.56 Å². The highest BCUT2D eigenvalue weighted by atomic mass is 16.5. The van der Waals surface area contributed by atoms with Crippen molar-refractivity contribution in [2.45, 2.75) is 0 Å². The number of nitrogen functional groups attached to an aromatic ring is 1. The highest BCUT2D eigenvalue weighted by Gasteiger charge is 2.16. The third kappa shape index (κ3) is 2.80. The summed E-state index contributed by atoms with van der Waals surface area (Å²) in [6, 6.07) is 13.3. The lowest BCUT2D eigenvalue weighted by atomic mass is 10.0. The first-order valence-electron chi connectivity index (χ1n) is 6.85. The van der Waals surface area contributed by atoms with Crippen LogP contribution in [0.15, 0.2) is 48.8 Å². The predicted octanol–water partition coefficient (Wildman–Crippen LogP) is 2.67. The standard InChI is InChI=1S/C17H13N5O/c1-23-13-7-12(9-20-10-13)16-15(11-5-3-2-4-6-11)22-17(19)14(8-18)21-16/h2-7,9-10H,1H3,(H2,19,22). The van der Waals surface area contributed by atoms with E-state index in [1.165, 1.54) is 0 Å². The van der Waals surface area contributed by atoms with E-state index in [0.29, 0.717) is 22.7 Å². The van der Waals surface area contributed by atoms with Crippen LogP contribution in [0, 0.1) is 11.3 Å². The van der Waals surface area contributed by atoms with E-state index < -0.39 is 0 Å². The minimum atomic E-state index is 0.0856. The molecule has 0 saturated carbocycles. The molecule has 1 aromatic carbocycles. The molecule has 3 aromatic rings. The van der Waals surface area contributed by atoms with Crippen LogP contribution in [0.4, 0.5) is 5.82 Å². The molecule has 0 aliphatic heterocycles. The number of benzene rings is 1. The summed E-state index contributed by atoms with van der Waals surface area (Å²) in [5.74, 6) is 0.699. The fourth-order valence-corrected chi connectivity index (χ4v) is 2.19. The summed E-state index contributed by atoms with van der Waals surface area (Å²) >= 11 is 0. The molecule has 2 heterocycles. The molecule has 0 bridgehead atoms. The van der Waals surface area contributed by atoms with Gasteiger partial charge in [-0.25, -0.2) is 9.97 Å². The van der Waals surface area contributed by atoms with Crippen molar-refractivity contribution in [2.75, 3.05) is 12.8 Å². The normalized spacial score (nSPS) is 10.1.